The average Bonchev–Trinajstić information content (AvgIpc) is 3.39. The zero-order chi connectivity index (χ0) is 28.2. The smallest absolute Gasteiger partial charge is 0.254 e. The van der Waals surface area contributed by atoms with Crippen molar-refractivity contribution in [3.05, 3.63) is 96.5 Å². The molecule has 1 aliphatic heterocycles. The number of allylic oxidation sites excluding steroid dienone is 1. The molecule has 1 fully saturated rings. The third-order valence-corrected chi connectivity index (χ3v) is 6.74. The molecule has 0 saturated carbocycles. The van der Waals surface area contributed by atoms with E-state index in [1.165, 1.54) is 18.3 Å². The number of anilines is 2. The maximum Gasteiger partial charge on any atom is 0.254 e. The summed E-state index contributed by atoms with van der Waals surface area (Å²) in [4.78, 5) is 23.6. The van der Waals surface area contributed by atoms with E-state index in [4.69, 9.17) is 4.74 Å². The average molecular weight is 545 g/mol. The predicted molar refractivity (Wildman–Crippen MR) is 151 cm³/mol. The van der Waals surface area contributed by atoms with Crippen LogP contribution in [0.1, 0.15) is 22.3 Å². The highest BCUT2D eigenvalue weighted by Crippen LogP contribution is 2.32. The molecule has 2 aromatic heterocycles. The van der Waals surface area contributed by atoms with Gasteiger partial charge >= 0.3 is 0 Å². The van der Waals surface area contributed by atoms with E-state index in [1.807, 2.05) is 24.0 Å². The first kappa shape index (κ1) is 27.0. The van der Waals surface area contributed by atoms with Crippen LogP contribution >= 0.6 is 0 Å². The Kier molecular flexibility index (Phi) is 7.88. The minimum Gasteiger partial charge on any atom is -0.486 e. The molecule has 0 unspecified atom stereocenters. The molecular weight excluding hydrogens is 514 g/mol. The van der Waals surface area contributed by atoms with Gasteiger partial charge in [0.1, 0.15) is 6.61 Å². The van der Waals surface area contributed by atoms with Crippen LogP contribution < -0.4 is 15.4 Å². The topological polar surface area (TPSA) is 83.8 Å². The van der Waals surface area contributed by atoms with Crippen molar-refractivity contribution in [3.8, 4) is 17.0 Å². The monoisotopic (exact) mass is 544 g/mol. The Balaban J connectivity index is 1.38. The zero-order valence-corrected chi connectivity index (χ0v) is 22.2. The number of hydrogen-bond donors (Lipinski definition) is 2. The maximum atomic E-state index is 15.2. The first-order chi connectivity index (χ1) is 19.4. The van der Waals surface area contributed by atoms with Crippen molar-refractivity contribution in [2.24, 2.45) is 0 Å². The number of ether oxygens (including phenoxy) is 1. The van der Waals surface area contributed by atoms with Crippen molar-refractivity contribution in [1.29, 1.82) is 0 Å². The first-order valence-corrected chi connectivity index (χ1v) is 13.0. The number of imidazole rings is 1. The number of fused-ring (bicyclic) bond motifs is 1. The van der Waals surface area contributed by atoms with Gasteiger partial charge in [-0.25, -0.2) is 14.4 Å². The molecule has 4 aromatic rings. The van der Waals surface area contributed by atoms with Crippen molar-refractivity contribution in [3.63, 3.8) is 0 Å². The van der Waals surface area contributed by atoms with Crippen molar-refractivity contribution in [1.82, 2.24) is 24.6 Å². The van der Waals surface area contributed by atoms with Gasteiger partial charge in [0.2, 0.25) is 5.82 Å². The summed E-state index contributed by atoms with van der Waals surface area (Å²) in [6, 6.07) is 8.34. The number of hydrogen-bond acceptors (Lipinski definition) is 6. The molecule has 3 heterocycles. The first-order valence-electron chi connectivity index (χ1n) is 13.0. The van der Waals surface area contributed by atoms with Crippen molar-refractivity contribution < 1.29 is 18.3 Å². The van der Waals surface area contributed by atoms with E-state index < -0.39 is 11.6 Å². The minimum atomic E-state index is -1.09. The molecule has 8 nitrogen and oxygen atoms in total. The Hall–Kier alpha value is -4.57. The molecular formula is C30H30F2N6O2. The maximum absolute atomic E-state index is 15.2. The molecule has 0 bridgehead atoms. The van der Waals surface area contributed by atoms with Crippen LogP contribution in [0.4, 0.5) is 20.3 Å². The lowest BCUT2D eigenvalue weighted by Gasteiger charge is -2.28. The summed E-state index contributed by atoms with van der Waals surface area (Å²) in [7, 11) is 0. The Morgan fingerprint density at radius 3 is 2.73 bits per heavy atom. The number of nitrogens with zero attached hydrogens (tertiary/aromatic N) is 4. The van der Waals surface area contributed by atoms with E-state index in [2.05, 4.69) is 33.8 Å². The van der Waals surface area contributed by atoms with Gasteiger partial charge in [-0.1, -0.05) is 12.7 Å². The Labute approximate surface area is 231 Å². The summed E-state index contributed by atoms with van der Waals surface area (Å²) in [6.07, 6.45) is 6.83. The number of carbonyl (C=O) groups excluding carboxylic acids is 1. The fraction of sp³-hybridized carbons (Fsp3) is 0.233. The van der Waals surface area contributed by atoms with Gasteiger partial charge in [0.05, 0.1) is 11.9 Å². The highest BCUT2D eigenvalue weighted by Gasteiger charge is 2.21. The number of carbonyl (C=O) groups is 1. The highest BCUT2D eigenvalue weighted by molar-refractivity contribution is 5.96. The molecule has 0 radical (unpaired) electrons. The fourth-order valence-electron chi connectivity index (χ4n) is 4.65. The SMILES string of the molecule is C=CCC(=C)COc1ccc(-c2cnc3c(Nc4ccc(C(=O)N5CCNCC5)c(C)c4)nccn23)c(F)c1F. The van der Waals surface area contributed by atoms with Crippen LogP contribution in [0.3, 0.4) is 0 Å². The van der Waals surface area contributed by atoms with Gasteiger partial charge in [-0.2, -0.15) is 4.39 Å². The van der Waals surface area contributed by atoms with Crippen LogP contribution in [-0.2, 0) is 0 Å². The number of benzene rings is 2. The van der Waals surface area contributed by atoms with Gasteiger partial charge in [0.15, 0.2) is 23.0 Å². The van der Waals surface area contributed by atoms with Gasteiger partial charge in [-0.15, -0.1) is 6.58 Å². The lowest BCUT2D eigenvalue weighted by atomic mass is 10.1. The second kappa shape index (κ2) is 11.7. The highest BCUT2D eigenvalue weighted by atomic mass is 19.2. The molecule has 2 N–H and O–H groups in total. The minimum absolute atomic E-state index is 0.0102. The van der Waals surface area contributed by atoms with Crippen LogP contribution in [0.5, 0.6) is 5.75 Å². The van der Waals surface area contributed by atoms with E-state index in [1.54, 1.807) is 28.9 Å². The Morgan fingerprint density at radius 1 is 1.18 bits per heavy atom. The van der Waals surface area contributed by atoms with Crippen molar-refractivity contribution in [2.75, 3.05) is 38.1 Å². The zero-order valence-electron chi connectivity index (χ0n) is 22.2. The summed E-state index contributed by atoms with van der Waals surface area (Å²) in [6.45, 7) is 12.3. The van der Waals surface area contributed by atoms with Crippen molar-refractivity contribution >= 4 is 23.1 Å². The summed E-state index contributed by atoms with van der Waals surface area (Å²) in [5.41, 5.74) is 3.71. The van der Waals surface area contributed by atoms with Crippen LogP contribution in [0.25, 0.3) is 16.9 Å². The van der Waals surface area contributed by atoms with Crippen LogP contribution in [0, 0.1) is 18.6 Å². The van der Waals surface area contributed by atoms with Crippen molar-refractivity contribution in [2.45, 2.75) is 13.3 Å². The summed E-state index contributed by atoms with van der Waals surface area (Å²) in [5, 5.41) is 6.49. The van der Waals surface area contributed by atoms with Gasteiger partial charge in [0.25, 0.3) is 5.91 Å². The number of rotatable bonds is 9. The second-order valence-electron chi connectivity index (χ2n) is 9.58. The Bertz CT molecular complexity index is 1590. The molecule has 0 atom stereocenters. The van der Waals surface area contributed by atoms with E-state index in [0.29, 0.717) is 47.8 Å². The van der Waals surface area contributed by atoms with E-state index >= 15 is 4.39 Å². The number of piperazine rings is 1. The third-order valence-electron chi connectivity index (χ3n) is 6.74. The fourth-order valence-corrected chi connectivity index (χ4v) is 4.65. The number of aryl methyl sites for hydroxylation is 1. The largest absolute Gasteiger partial charge is 0.486 e. The number of halogens is 2. The molecule has 1 saturated heterocycles. The summed E-state index contributed by atoms with van der Waals surface area (Å²) < 4.78 is 37.1. The quantitative estimate of drug-likeness (QED) is 0.279. The molecule has 10 heteroatoms. The lowest BCUT2D eigenvalue weighted by molar-refractivity contribution is 0.0735. The Morgan fingerprint density at radius 2 is 1.98 bits per heavy atom. The van der Waals surface area contributed by atoms with Crippen LogP contribution in [0.15, 0.2) is 73.7 Å². The molecule has 2 aromatic carbocycles. The van der Waals surface area contributed by atoms with E-state index in [9.17, 15) is 9.18 Å². The molecule has 0 spiro atoms. The number of nitrogens with one attached hydrogen (secondary N) is 2. The summed E-state index contributed by atoms with van der Waals surface area (Å²) >= 11 is 0. The molecule has 1 aliphatic rings. The van der Waals surface area contributed by atoms with Crippen LogP contribution in [-0.4, -0.2) is 58.0 Å². The number of amides is 1. The molecule has 40 heavy (non-hydrogen) atoms. The molecule has 206 valence electrons. The lowest BCUT2D eigenvalue weighted by Crippen LogP contribution is -2.46. The normalized spacial score (nSPS) is 13.3. The van der Waals surface area contributed by atoms with Gasteiger partial charge in [-0.05, 0) is 54.8 Å². The predicted octanol–water partition coefficient (Wildman–Crippen LogP) is 5.28. The second-order valence-corrected chi connectivity index (χ2v) is 9.58. The molecule has 0 aliphatic carbocycles. The van der Waals surface area contributed by atoms with Crippen LogP contribution in [0.2, 0.25) is 0 Å². The van der Waals surface area contributed by atoms with E-state index in [-0.39, 0.29) is 23.8 Å². The number of aromatic nitrogens is 3. The third kappa shape index (κ3) is 5.43. The molecule has 1 amide bonds. The molecule has 5 rings (SSSR count). The standard InChI is InChI=1S/C30H30F2N6O2/c1-4-5-19(2)18-40-25-9-8-23(26(31)27(25)32)24-17-35-29-28(34-12-15-38(24)29)36-21-6-7-22(20(3)16-21)30(39)37-13-10-33-11-14-37/h4,6-9,12,15-17,33H,1-2,5,10-11,13-14,18H2,3H3,(H,34,36). The van der Waals surface area contributed by atoms with Gasteiger partial charge in [-0.3, -0.25) is 9.20 Å². The van der Waals surface area contributed by atoms with Gasteiger partial charge < -0.3 is 20.3 Å². The van der Waals surface area contributed by atoms with Gasteiger partial charge in [0, 0.05) is 55.4 Å². The summed E-state index contributed by atoms with van der Waals surface area (Å²) in [5.74, 6) is -1.89. The van der Waals surface area contributed by atoms with E-state index in [0.717, 1.165) is 24.3 Å².